The summed E-state index contributed by atoms with van der Waals surface area (Å²) in [5.74, 6) is 1.14. The Labute approximate surface area is 102 Å². The Kier molecular flexibility index (Phi) is 2.50. The zero-order valence-electron chi connectivity index (χ0n) is 10.5. The van der Waals surface area contributed by atoms with Crippen LogP contribution in [-0.2, 0) is 6.42 Å². The number of hydrogen-bond acceptors (Lipinski definition) is 1. The molecular formula is C15H18N2. The van der Waals surface area contributed by atoms with Gasteiger partial charge in [-0.05, 0) is 38.7 Å². The number of aryl methyl sites for hydroxylation is 2. The van der Waals surface area contributed by atoms with E-state index < -0.39 is 0 Å². The van der Waals surface area contributed by atoms with Crippen LogP contribution in [0.4, 0.5) is 0 Å². The Morgan fingerprint density at radius 1 is 1.29 bits per heavy atom. The van der Waals surface area contributed by atoms with Crippen molar-refractivity contribution in [1.82, 2.24) is 9.55 Å². The minimum Gasteiger partial charge on any atom is -0.325 e. The lowest BCUT2D eigenvalue weighted by Gasteiger charge is -2.24. The fraction of sp³-hybridized carbons (Fsp3) is 0.400. The number of benzene rings is 1. The van der Waals surface area contributed by atoms with Gasteiger partial charge in [0.2, 0.25) is 0 Å². The number of nitrogens with zero attached hydrogens (tertiary/aromatic N) is 2. The number of fused-ring (bicyclic) bond motifs is 1. The summed E-state index contributed by atoms with van der Waals surface area (Å²) in [6.45, 7) is 4.45. The lowest BCUT2D eigenvalue weighted by Crippen LogP contribution is -2.15. The molecular weight excluding hydrogens is 208 g/mol. The Morgan fingerprint density at radius 2 is 2.12 bits per heavy atom. The second kappa shape index (κ2) is 4.02. The highest BCUT2D eigenvalue weighted by Crippen LogP contribution is 2.31. The van der Waals surface area contributed by atoms with Crippen LogP contribution in [-0.4, -0.2) is 9.55 Å². The summed E-state index contributed by atoms with van der Waals surface area (Å²) in [5, 5.41) is 0. The van der Waals surface area contributed by atoms with E-state index in [0.717, 1.165) is 5.82 Å². The van der Waals surface area contributed by atoms with Crippen molar-refractivity contribution >= 4 is 0 Å². The maximum absolute atomic E-state index is 4.64. The molecule has 3 rings (SSSR count). The summed E-state index contributed by atoms with van der Waals surface area (Å²) in [5.41, 5.74) is 3.97. The van der Waals surface area contributed by atoms with Gasteiger partial charge in [0.25, 0.3) is 0 Å². The monoisotopic (exact) mass is 226 g/mol. The maximum atomic E-state index is 4.64. The smallest absolute Gasteiger partial charge is 0.140 e. The van der Waals surface area contributed by atoms with Gasteiger partial charge in [-0.25, -0.2) is 4.98 Å². The van der Waals surface area contributed by atoms with Gasteiger partial charge in [0, 0.05) is 23.5 Å². The SMILES string of the molecule is Cc1ccccc1-c1ncc2n1C(C)CCC2. The molecule has 1 aliphatic heterocycles. The summed E-state index contributed by atoms with van der Waals surface area (Å²) in [6, 6.07) is 9.09. The van der Waals surface area contributed by atoms with E-state index >= 15 is 0 Å². The van der Waals surface area contributed by atoms with Gasteiger partial charge in [0.05, 0.1) is 0 Å². The normalized spacial score (nSPS) is 19.1. The molecule has 0 N–H and O–H groups in total. The van der Waals surface area contributed by atoms with Crippen LogP contribution in [0.1, 0.15) is 37.1 Å². The van der Waals surface area contributed by atoms with Gasteiger partial charge in [0.1, 0.15) is 5.82 Å². The molecule has 0 saturated carbocycles. The van der Waals surface area contributed by atoms with E-state index in [9.17, 15) is 0 Å². The number of hydrogen-bond donors (Lipinski definition) is 0. The van der Waals surface area contributed by atoms with E-state index in [1.54, 1.807) is 0 Å². The van der Waals surface area contributed by atoms with E-state index in [1.165, 1.54) is 36.1 Å². The average Bonchev–Trinajstić information content (AvgIpc) is 2.75. The quantitative estimate of drug-likeness (QED) is 0.724. The highest BCUT2D eigenvalue weighted by Gasteiger charge is 2.21. The van der Waals surface area contributed by atoms with Crippen LogP contribution >= 0.6 is 0 Å². The summed E-state index contributed by atoms with van der Waals surface area (Å²) in [4.78, 5) is 4.64. The zero-order chi connectivity index (χ0) is 11.8. The first kappa shape index (κ1) is 10.6. The van der Waals surface area contributed by atoms with Crippen LogP contribution in [0.25, 0.3) is 11.4 Å². The van der Waals surface area contributed by atoms with Crippen molar-refractivity contribution in [1.29, 1.82) is 0 Å². The van der Waals surface area contributed by atoms with Gasteiger partial charge in [-0.15, -0.1) is 0 Å². The largest absolute Gasteiger partial charge is 0.325 e. The van der Waals surface area contributed by atoms with Crippen LogP contribution in [0.5, 0.6) is 0 Å². The third kappa shape index (κ3) is 1.68. The minimum atomic E-state index is 0.579. The van der Waals surface area contributed by atoms with Crippen LogP contribution in [0.3, 0.4) is 0 Å². The van der Waals surface area contributed by atoms with Crippen LogP contribution in [0.2, 0.25) is 0 Å². The van der Waals surface area contributed by atoms with E-state index in [2.05, 4.69) is 53.9 Å². The summed E-state index contributed by atoms with van der Waals surface area (Å²) in [7, 11) is 0. The van der Waals surface area contributed by atoms with Crippen molar-refractivity contribution in [2.24, 2.45) is 0 Å². The molecule has 1 aliphatic rings. The van der Waals surface area contributed by atoms with Crippen molar-refractivity contribution < 1.29 is 0 Å². The van der Waals surface area contributed by atoms with Gasteiger partial charge >= 0.3 is 0 Å². The molecule has 1 unspecified atom stereocenters. The molecule has 17 heavy (non-hydrogen) atoms. The molecule has 0 bridgehead atoms. The number of rotatable bonds is 1. The van der Waals surface area contributed by atoms with Crippen molar-refractivity contribution in [3.63, 3.8) is 0 Å². The molecule has 2 aromatic rings. The predicted molar refractivity (Wildman–Crippen MR) is 70.0 cm³/mol. The third-order valence-electron chi connectivity index (χ3n) is 3.76. The minimum absolute atomic E-state index is 0.579. The lowest BCUT2D eigenvalue weighted by molar-refractivity contribution is 0.436. The van der Waals surface area contributed by atoms with Crippen molar-refractivity contribution in [3.05, 3.63) is 41.7 Å². The van der Waals surface area contributed by atoms with Crippen molar-refractivity contribution in [2.75, 3.05) is 0 Å². The van der Waals surface area contributed by atoms with Gasteiger partial charge in [-0.1, -0.05) is 24.3 Å². The fourth-order valence-electron chi connectivity index (χ4n) is 2.80. The Bertz CT molecular complexity index is 540. The molecule has 0 fully saturated rings. The van der Waals surface area contributed by atoms with Gasteiger partial charge in [-0.3, -0.25) is 0 Å². The molecule has 1 atom stereocenters. The molecule has 0 radical (unpaired) electrons. The van der Waals surface area contributed by atoms with E-state index in [0.29, 0.717) is 6.04 Å². The Balaban J connectivity index is 2.17. The second-order valence-corrected chi connectivity index (χ2v) is 5.00. The van der Waals surface area contributed by atoms with E-state index in [-0.39, 0.29) is 0 Å². The van der Waals surface area contributed by atoms with Crippen LogP contribution < -0.4 is 0 Å². The summed E-state index contributed by atoms with van der Waals surface area (Å²) >= 11 is 0. The third-order valence-corrected chi connectivity index (χ3v) is 3.76. The van der Waals surface area contributed by atoms with Crippen LogP contribution in [0.15, 0.2) is 30.5 Å². The predicted octanol–water partition coefficient (Wildman–Crippen LogP) is 3.76. The standard InChI is InChI=1S/C15H18N2/c1-11-6-3-4-9-14(11)15-16-10-13-8-5-7-12(2)17(13)15/h3-4,6,9-10,12H,5,7-8H2,1-2H3. The summed E-state index contributed by atoms with van der Waals surface area (Å²) < 4.78 is 2.42. The van der Waals surface area contributed by atoms with Crippen LogP contribution in [0, 0.1) is 6.92 Å². The van der Waals surface area contributed by atoms with Crippen molar-refractivity contribution in [2.45, 2.75) is 39.2 Å². The zero-order valence-corrected chi connectivity index (χ0v) is 10.5. The molecule has 2 heteroatoms. The van der Waals surface area contributed by atoms with Gasteiger partial charge in [0.15, 0.2) is 0 Å². The first-order valence-electron chi connectivity index (χ1n) is 6.39. The topological polar surface area (TPSA) is 17.8 Å². The highest BCUT2D eigenvalue weighted by atomic mass is 15.1. The average molecular weight is 226 g/mol. The Hall–Kier alpha value is -1.57. The molecule has 2 heterocycles. The fourth-order valence-corrected chi connectivity index (χ4v) is 2.80. The maximum Gasteiger partial charge on any atom is 0.140 e. The van der Waals surface area contributed by atoms with E-state index in [4.69, 9.17) is 0 Å². The lowest BCUT2D eigenvalue weighted by atomic mass is 10.0. The van der Waals surface area contributed by atoms with Crippen molar-refractivity contribution in [3.8, 4) is 11.4 Å². The molecule has 1 aromatic carbocycles. The first-order valence-corrected chi connectivity index (χ1v) is 6.39. The number of aromatic nitrogens is 2. The highest BCUT2D eigenvalue weighted by molar-refractivity contribution is 5.61. The molecule has 88 valence electrons. The molecule has 0 amide bonds. The van der Waals surface area contributed by atoms with Gasteiger partial charge < -0.3 is 4.57 Å². The molecule has 1 aromatic heterocycles. The Morgan fingerprint density at radius 3 is 2.94 bits per heavy atom. The molecule has 2 nitrogen and oxygen atoms in total. The second-order valence-electron chi connectivity index (χ2n) is 5.00. The molecule has 0 aliphatic carbocycles. The van der Waals surface area contributed by atoms with Gasteiger partial charge in [-0.2, -0.15) is 0 Å². The molecule has 0 spiro atoms. The number of imidazole rings is 1. The first-order chi connectivity index (χ1) is 8.27. The van der Waals surface area contributed by atoms with E-state index in [1.807, 2.05) is 0 Å². The molecule has 0 saturated heterocycles. The summed E-state index contributed by atoms with van der Waals surface area (Å²) in [6.07, 6.45) is 5.78.